The Morgan fingerprint density at radius 1 is 0.944 bits per heavy atom. The first kappa shape index (κ1) is 12.7. The first-order chi connectivity index (χ1) is 8.70. The van der Waals surface area contributed by atoms with Gasteiger partial charge >= 0.3 is 0 Å². The fraction of sp³-hybridized carbons (Fsp3) is 0.250. The molecule has 0 aromatic heterocycles. The summed E-state index contributed by atoms with van der Waals surface area (Å²) in [5.74, 6) is 0.911. The van der Waals surface area contributed by atoms with Crippen LogP contribution in [-0.2, 0) is 0 Å². The van der Waals surface area contributed by atoms with E-state index in [-0.39, 0.29) is 6.04 Å². The van der Waals surface area contributed by atoms with E-state index < -0.39 is 0 Å². The van der Waals surface area contributed by atoms with Crippen LogP contribution in [0.1, 0.15) is 25.5 Å². The van der Waals surface area contributed by atoms with E-state index in [1.807, 2.05) is 26.0 Å². The molecule has 1 unspecified atom stereocenters. The second-order valence-electron chi connectivity index (χ2n) is 4.37. The molecule has 0 saturated carbocycles. The lowest BCUT2D eigenvalue weighted by Gasteiger charge is -2.08. The number of rotatable bonds is 4. The third-order valence-electron chi connectivity index (χ3n) is 2.94. The van der Waals surface area contributed by atoms with E-state index in [4.69, 9.17) is 10.5 Å². The molecule has 94 valence electrons. The molecule has 2 rings (SSSR count). The van der Waals surface area contributed by atoms with Crippen molar-refractivity contribution in [3.05, 3.63) is 54.1 Å². The molecule has 2 aromatic carbocycles. The van der Waals surface area contributed by atoms with Gasteiger partial charge in [-0.05, 0) is 42.7 Å². The Hall–Kier alpha value is -1.80. The van der Waals surface area contributed by atoms with Crippen molar-refractivity contribution >= 4 is 0 Å². The van der Waals surface area contributed by atoms with Gasteiger partial charge in [-0.15, -0.1) is 0 Å². The molecule has 0 aliphatic rings. The zero-order valence-corrected chi connectivity index (χ0v) is 10.9. The Morgan fingerprint density at radius 2 is 1.44 bits per heavy atom. The zero-order valence-electron chi connectivity index (χ0n) is 10.9. The van der Waals surface area contributed by atoms with Crippen LogP contribution in [0.2, 0.25) is 0 Å². The van der Waals surface area contributed by atoms with Gasteiger partial charge in [0.25, 0.3) is 0 Å². The van der Waals surface area contributed by atoms with Crippen LogP contribution in [0, 0.1) is 0 Å². The molecule has 0 radical (unpaired) electrons. The molecule has 0 bridgehead atoms. The van der Waals surface area contributed by atoms with Gasteiger partial charge in [0.15, 0.2) is 0 Å². The molecule has 2 aromatic rings. The maximum atomic E-state index is 5.84. The van der Waals surface area contributed by atoms with Crippen LogP contribution in [0.3, 0.4) is 0 Å². The van der Waals surface area contributed by atoms with E-state index in [0.717, 1.165) is 11.3 Å². The zero-order chi connectivity index (χ0) is 13.0. The Balaban J connectivity index is 2.20. The van der Waals surface area contributed by atoms with Crippen molar-refractivity contribution in [2.45, 2.75) is 19.9 Å². The average molecular weight is 241 g/mol. The summed E-state index contributed by atoms with van der Waals surface area (Å²) < 4.78 is 5.43. The van der Waals surface area contributed by atoms with E-state index in [1.165, 1.54) is 11.1 Å². The largest absolute Gasteiger partial charge is 0.494 e. The molecule has 0 spiro atoms. The number of nitrogens with two attached hydrogens (primary N) is 1. The van der Waals surface area contributed by atoms with Crippen molar-refractivity contribution in [3.63, 3.8) is 0 Å². The van der Waals surface area contributed by atoms with E-state index in [0.29, 0.717) is 6.61 Å². The van der Waals surface area contributed by atoms with Gasteiger partial charge in [-0.2, -0.15) is 0 Å². The van der Waals surface area contributed by atoms with Crippen LogP contribution in [-0.4, -0.2) is 6.61 Å². The second kappa shape index (κ2) is 5.69. The molecule has 0 heterocycles. The van der Waals surface area contributed by atoms with E-state index in [2.05, 4.69) is 36.4 Å². The highest BCUT2D eigenvalue weighted by Crippen LogP contribution is 2.23. The predicted molar refractivity (Wildman–Crippen MR) is 75.6 cm³/mol. The minimum atomic E-state index is 0.0828. The molecule has 0 aliphatic carbocycles. The van der Waals surface area contributed by atoms with Gasteiger partial charge in [-0.3, -0.25) is 0 Å². The van der Waals surface area contributed by atoms with Crippen molar-refractivity contribution in [2.75, 3.05) is 6.61 Å². The molecule has 18 heavy (non-hydrogen) atoms. The molecule has 1 atom stereocenters. The molecule has 2 N–H and O–H groups in total. The summed E-state index contributed by atoms with van der Waals surface area (Å²) in [5, 5.41) is 0. The van der Waals surface area contributed by atoms with Crippen molar-refractivity contribution in [2.24, 2.45) is 5.73 Å². The second-order valence-corrected chi connectivity index (χ2v) is 4.37. The van der Waals surface area contributed by atoms with Crippen LogP contribution >= 0.6 is 0 Å². The standard InChI is InChI=1S/C16H19NO/c1-3-18-16-10-8-15(9-11-16)14-6-4-13(5-7-14)12(2)17/h4-12H,3,17H2,1-2H3. The van der Waals surface area contributed by atoms with E-state index in [1.54, 1.807) is 0 Å². The molecule has 0 aliphatic heterocycles. The third kappa shape index (κ3) is 2.90. The SMILES string of the molecule is CCOc1ccc(-c2ccc(C(C)N)cc2)cc1. The van der Waals surface area contributed by atoms with Gasteiger partial charge in [0.05, 0.1) is 6.61 Å². The monoisotopic (exact) mass is 241 g/mol. The minimum Gasteiger partial charge on any atom is -0.494 e. The summed E-state index contributed by atoms with van der Waals surface area (Å²) in [6.45, 7) is 4.68. The van der Waals surface area contributed by atoms with Gasteiger partial charge in [0, 0.05) is 6.04 Å². The topological polar surface area (TPSA) is 35.2 Å². The lowest BCUT2D eigenvalue weighted by atomic mass is 10.0. The van der Waals surface area contributed by atoms with Crippen LogP contribution in [0.15, 0.2) is 48.5 Å². The average Bonchev–Trinajstić information content (AvgIpc) is 2.40. The van der Waals surface area contributed by atoms with Gasteiger partial charge in [-0.1, -0.05) is 36.4 Å². The Morgan fingerprint density at radius 3 is 1.89 bits per heavy atom. The maximum Gasteiger partial charge on any atom is 0.119 e. The van der Waals surface area contributed by atoms with Crippen molar-refractivity contribution in [3.8, 4) is 16.9 Å². The molecule has 2 nitrogen and oxygen atoms in total. The molecule has 0 amide bonds. The summed E-state index contributed by atoms with van der Waals surface area (Å²) in [6, 6.07) is 16.6. The van der Waals surface area contributed by atoms with Gasteiger partial charge in [-0.25, -0.2) is 0 Å². The van der Waals surface area contributed by atoms with Crippen molar-refractivity contribution < 1.29 is 4.74 Å². The van der Waals surface area contributed by atoms with Gasteiger partial charge < -0.3 is 10.5 Å². The lowest BCUT2D eigenvalue weighted by molar-refractivity contribution is 0.340. The summed E-state index contributed by atoms with van der Waals surface area (Å²) >= 11 is 0. The minimum absolute atomic E-state index is 0.0828. The Bertz CT molecular complexity index is 486. The van der Waals surface area contributed by atoms with Gasteiger partial charge in [0.1, 0.15) is 5.75 Å². The number of hydrogen-bond acceptors (Lipinski definition) is 2. The summed E-state index contributed by atoms with van der Waals surface area (Å²) in [4.78, 5) is 0. The molecule has 2 heteroatoms. The molecular weight excluding hydrogens is 222 g/mol. The highest BCUT2D eigenvalue weighted by molar-refractivity contribution is 5.64. The van der Waals surface area contributed by atoms with Crippen LogP contribution in [0.25, 0.3) is 11.1 Å². The fourth-order valence-corrected chi connectivity index (χ4v) is 1.89. The normalized spacial score (nSPS) is 12.2. The summed E-state index contributed by atoms with van der Waals surface area (Å²) in [7, 11) is 0. The fourth-order valence-electron chi connectivity index (χ4n) is 1.89. The number of benzene rings is 2. The quantitative estimate of drug-likeness (QED) is 0.884. The maximum absolute atomic E-state index is 5.84. The van der Waals surface area contributed by atoms with E-state index >= 15 is 0 Å². The molecule has 0 fully saturated rings. The summed E-state index contributed by atoms with van der Waals surface area (Å²) in [6.07, 6.45) is 0. The Labute approximate surface area is 108 Å². The van der Waals surface area contributed by atoms with Crippen LogP contribution in [0.5, 0.6) is 5.75 Å². The van der Waals surface area contributed by atoms with Crippen LogP contribution in [0.4, 0.5) is 0 Å². The number of ether oxygens (including phenoxy) is 1. The molecule has 0 saturated heterocycles. The van der Waals surface area contributed by atoms with Crippen molar-refractivity contribution in [1.29, 1.82) is 0 Å². The van der Waals surface area contributed by atoms with E-state index in [9.17, 15) is 0 Å². The van der Waals surface area contributed by atoms with Gasteiger partial charge in [0.2, 0.25) is 0 Å². The van der Waals surface area contributed by atoms with Crippen LogP contribution < -0.4 is 10.5 Å². The first-order valence-electron chi connectivity index (χ1n) is 6.29. The smallest absolute Gasteiger partial charge is 0.119 e. The third-order valence-corrected chi connectivity index (χ3v) is 2.94. The summed E-state index contributed by atoms with van der Waals surface area (Å²) in [5.41, 5.74) is 9.38. The highest BCUT2D eigenvalue weighted by atomic mass is 16.5. The van der Waals surface area contributed by atoms with Crippen molar-refractivity contribution in [1.82, 2.24) is 0 Å². The number of hydrogen-bond donors (Lipinski definition) is 1. The molecular formula is C16H19NO. The Kier molecular flexibility index (Phi) is 4.00. The first-order valence-corrected chi connectivity index (χ1v) is 6.29. The highest BCUT2D eigenvalue weighted by Gasteiger charge is 2.01. The lowest BCUT2D eigenvalue weighted by Crippen LogP contribution is -2.04. The predicted octanol–water partition coefficient (Wildman–Crippen LogP) is 3.77.